The van der Waals surface area contributed by atoms with E-state index in [1.807, 2.05) is 48.5 Å². The largest absolute Gasteiger partial charge is 0.298 e. The van der Waals surface area contributed by atoms with Gasteiger partial charge in [-0.3, -0.25) is 4.99 Å². The molecule has 0 saturated heterocycles. The van der Waals surface area contributed by atoms with Gasteiger partial charge in [0.15, 0.2) is 0 Å². The smallest absolute Gasteiger partial charge is 0.0356 e. The van der Waals surface area contributed by atoms with Crippen LogP contribution in [-0.4, -0.2) is 12.8 Å². The van der Waals surface area contributed by atoms with Gasteiger partial charge < -0.3 is 0 Å². The molecule has 0 saturated carbocycles. The fourth-order valence-electron chi connectivity index (χ4n) is 0.183. The molecule has 1 nitrogen and oxygen atoms in total. The van der Waals surface area contributed by atoms with E-state index >= 15 is 0 Å². The lowest BCUT2D eigenvalue weighted by molar-refractivity contribution is 1.09. The number of allylic oxidation sites excluding steroid dienone is 1. The summed E-state index contributed by atoms with van der Waals surface area (Å²) in [6, 6.07) is 0. The highest BCUT2D eigenvalue weighted by Gasteiger charge is 1.51. The van der Waals surface area contributed by atoms with Gasteiger partial charge in [-0.2, -0.15) is 0 Å². The second-order valence-corrected chi connectivity index (χ2v) is 1.87. The van der Waals surface area contributed by atoms with Crippen molar-refractivity contribution in [1.82, 2.24) is 0 Å². The van der Waals surface area contributed by atoms with Crippen molar-refractivity contribution in [1.29, 1.82) is 0 Å². The van der Waals surface area contributed by atoms with Gasteiger partial charge in [0.25, 0.3) is 0 Å². The van der Waals surface area contributed by atoms with Crippen molar-refractivity contribution >= 4 is 6.21 Å². The van der Waals surface area contributed by atoms with E-state index in [2.05, 4.69) is 25.4 Å². The fraction of sp³-hybridized carbons (Fsp3) is 0.786. The summed E-state index contributed by atoms with van der Waals surface area (Å²) >= 11 is 0. The second kappa shape index (κ2) is 106. The number of hydrogen-bond donors (Lipinski definition) is 0. The third kappa shape index (κ3) is 878. The Kier molecular flexibility index (Phi) is 207. The predicted octanol–water partition coefficient (Wildman–Crippen LogP) is 5.76. The topological polar surface area (TPSA) is 12.4 Å². The zero-order chi connectivity index (χ0) is 13.5. The van der Waals surface area contributed by atoms with Crippen LogP contribution in [0.15, 0.2) is 17.6 Å². The van der Waals surface area contributed by atoms with Gasteiger partial charge in [-0.15, -0.1) is 6.58 Å². The van der Waals surface area contributed by atoms with Crippen molar-refractivity contribution in [2.24, 2.45) is 4.99 Å². The van der Waals surface area contributed by atoms with Crippen LogP contribution in [0.1, 0.15) is 68.7 Å². The molecule has 0 aliphatic rings. The zero-order valence-electron chi connectivity index (χ0n) is 12.7. The van der Waals surface area contributed by atoms with Crippen LogP contribution in [0.2, 0.25) is 0 Å². The molecule has 0 atom stereocenters. The maximum absolute atomic E-state index is 3.85. The van der Waals surface area contributed by atoms with Crippen LogP contribution in [0.4, 0.5) is 0 Å². The molecule has 1 heteroatoms. The quantitative estimate of drug-likeness (QED) is 0.391. The molecule has 0 radical (unpaired) electrons. The van der Waals surface area contributed by atoms with Gasteiger partial charge in [0, 0.05) is 6.54 Å². The van der Waals surface area contributed by atoms with E-state index in [1.54, 1.807) is 12.3 Å². The minimum Gasteiger partial charge on any atom is -0.298 e. The van der Waals surface area contributed by atoms with Crippen LogP contribution < -0.4 is 0 Å². The molecule has 96 valence electrons. The Morgan fingerprint density at radius 3 is 1.13 bits per heavy atom. The molecule has 0 unspecified atom stereocenters. The van der Waals surface area contributed by atoms with Crippen molar-refractivity contribution in [2.75, 3.05) is 6.54 Å². The molecular weight excluding hydrogens is 182 g/mol. The SMILES string of the molecule is C=CC.CC.CC.CC=NCC.CCC. The average Bonchev–Trinajstić information content (AvgIpc) is 2.27. The maximum Gasteiger partial charge on any atom is 0.0356 e. The Hall–Kier alpha value is -0.590. The summed E-state index contributed by atoms with van der Waals surface area (Å²) in [6.07, 6.45) is 4.81. The number of rotatable bonds is 1. The number of aliphatic imine (C=N–C) groups is 1. The monoisotopic (exact) mass is 217 g/mol. The Morgan fingerprint density at radius 1 is 0.933 bits per heavy atom. The minimum atomic E-state index is 0.913. The Morgan fingerprint density at radius 2 is 1.13 bits per heavy atom. The van der Waals surface area contributed by atoms with Gasteiger partial charge in [0.1, 0.15) is 0 Å². The van der Waals surface area contributed by atoms with E-state index in [0.29, 0.717) is 0 Å². The predicted molar refractivity (Wildman–Crippen MR) is 79.2 cm³/mol. The van der Waals surface area contributed by atoms with Crippen LogP contribution in [0.3, 0.4) is 0 Å². The normalized spacial score (nSPS) is 6.20. The summed E-state index contributed by atoms with van der Waals surface area (Å²) in [7, 11) is 0. The molecule has 0 aliphatic heterocycles. The third-order valence-corrected chi connectivity index (χ3v) is 0.365. The van der Waals surface area contributed by atoms with Crippen molar-refractivity contribution in [2.45, 2.75) is 68.7 Å². The van der Waals surface area contributed by atoms with Crippen LogP contribution in [-0.2, 0) is 0 Å². The van der Waals surface area contributed by atoms with E-state index < -0.39 is 0 Å². The Bertz CT molecular complexity index is 65.7. The summed E-state index contributed by atoms with van der Waals surface area (Å²) in [5, 5.41) is 0. The lowest BCUT2D eigenvalue weighted by Gasteiger charge is -1.68. The van der Waals surface area contributed by atoms with Crippen molar-refractivity contribution < 1.29 is 0 Å². The van der Waals surface area contributed by atoms with E-state index in [1.165, 1.54) is 6.42 Å². The zero-order valence-corrected chi connectivity index (χ0v) is 12.7. The van der Waals surface area contributed by atoms with Crippen LogP contribution in [0, 0.1) is 0 Å². The molecule has 0 aromatic carbocycles. The molecule has 0 aromatic heterocycles. The van der Waals surface area contributed by atoms with E-state index in [0.717, 1.165) is 6.54 Å². The van der Waals surface area contributed by atoms with Gasteiger partial charge in [0.2, 0.25) is 0 Å². The first-order valence-electron chi connectivity index (χ1n) is 6.26. The molecule has 0 rings (SSSR count). The lowest BCUT2D eigenvalue weighted by atomic mass is 10.6. The maximum atomic E-state index is 3.85. The van der Waals surface area contributed by atoms with Crippen molar-refractivity contribution in [3.63, 3.8) is 0 Å². The van der Waals surface area contributed by atoms with E-state index in [4.69, 9.17) is 0 Å². The highest BCUT2D eigenvalue weighted by Crippen LogP contribution is 1.57. The van der Waals surface area contributed by atoms with Crippen LogP contribution in [0.25, 0.3) is 0 Å². The summed E-state index contributed by atoms with van der Waals surface area (Å²) in [5.74, 6) is 0. The summed E-state index contributed by atoms with van der Waals surface area (Å²) < 4.78 is 0. The molecule has 0 spiro atoms. The number of nitrogens with zero attached hydrogens (tertiary/aromatic N) is 1. The van der Waals surface area contributed by atoms with Gasteiger partial charge >= 0.3 is 0 Å². The second-order valence-electron chi connectivity index (χ2n) is 1.87. The highest BCUT2D eigenvalue weighted by atomic mass is 14.7. The van der Waals surface area contributed by atoms with Gasteiger partial charge in [-0.05, 0) is 27.0 Å². The molecule has 0 aromatic rings. The van der Waals surface area contributed by atoms with Crippen LogP contribution in [0.5, 0.6) is 0 Å². The van der Waals surface area contributed by atoms with Crippen LogP contribution >= 0.6 is 0 Å². The molecular formula is C14H35N. The molecule has 0 amide bonds. The first-order chi connectivity index (χ1) is 7.24. The molecule has 0 fully saturated rings. The fourth-order valence-corrected chi connectivity index (χ4v) is 0.183. The molecule has 0 bridgehead atoms. The summed E-state index contributed by atoms with van der Waals surface area (Å²) in [6.45, 7) is 22.3. The Labute approximate surface area is 99.7 Å². The number of hydrogen-bond acceptors (Lipinski definition) is 1. The molecule has 15 heavy (non-hydrogen) atoms. The van der Waals surface area contributed by atoms with Gasteiger partial charge in [0.05, 0.1) is 0 Å². The summed E-state index contributed by atoms with van der Waals surface area (Å²) in [4.78, 5) is 3.85. The first kappa shape index (κ1) is 29.3. The third-order valence-electron chi connectivity index (χ3n) is 0.365. The van der Waals surface area contributed by atoms with Gasteiger partial charge in [-0.1, -0.05) is 54.0 Å². The standard InChI is InChI=1S/C4H9N.C3H8.C3H6.2C2H6/c1-3-5-4-2;2*1-3-2;2*1-2/h3H,4H2,1-2H3;3H2,1-2H3;3H,1H2,2H3;2*1-2H3. The molecule has 0 heterocycles. The molecule has 0 N–H and O–H groups in total. The minimum absolute atomic E-state index is 0.913. The lowest BCUT2D eigenvalue weighted by Crippen LogP contribution is -1.62. The van der Waals surface area contributed by atoms with Crippen molar-refractivity contribution in [3.05, 3.63) is 12.7 Å². The van der Waals surface area contributed by atoms with Crippen molar-refractivity contribution in [3.8, 4) is 0 Å². The first-order valence-corrected chi connectivity index (χ1v) is 6.26. The van der Waals surface area contributed by atoms with E-state index in [-0.39, 0.29) is 0 Å². The average molecular weight is 217 g/mol. The highest BCUT2D eigenvalue weighted by molar-refractivity contribution is 5.52. The van der Waals surface area contributed by atoms with E-state index in [9.17, 15) is 0 Å². The Balaban J connectivity index is -0.0000000296. The molecule has 0 aliphatic carbocycles. The van der Waals surface area contributed by atoms with Gasteiger partial charge in [-0.25, -0.2) is 0 Å². The summed E-state index contributed by atoms with van der Waals surface area (Å²) in [5.41, 5.74) is 0.